The van der Waals surface area contributed by atoms with Gasteiger partial charge in [-0.3, -0.25) is 4.79 Å². The highest BCUT2D eigenvalue weighted by Crippen LogP contribution is 2.29. The molecule has 0 radical (unpaired) electrons. The number of carbonyl (C=O) groups is 1. The van der Waals surface area contributed by atoms with Crippen LogP contribution in [0.1, 0.15) is 21.5 Å². The second kappa shape index (κ2) is 5.63. The molecule has 110 valence electrons. The lowest BCUT2D eigenvalue weighted by Crippen LogP contribution is -2.08. The SMILES string of the molecule is O=C(Cc1ccc(C(F)(F)F)cc1)c1cccc(F)c1F. The van der Waals surface area contributed by atoms with Crippen LogP contribution in [0, 0.1) is 11.6 Å². The predicted octanol–water partition coefficient (Wildman–Crippen LogP) is 4.41. The molecule has 0 N–H and O–H groups in total. The Labute approximate surface area is 117 Å². The van der Waals surface area contributed by atoms with E-state index >= 15 is 0 Å². The summed E-state index contributed by atoms with van der Waals surface area (Å²) in [4.78, 5) is 11.8. The average Bonchev–Trinajstić information content (AvgIpc) is 2.41. The average molecular weight is 300 g/mol. The van der Waals surface area contributed by atoms with Gasteiger partial charge in [-0.1, -0.05) is 18.2 Å². The Kier molecular flexibility index (Phi) is 4.06. The van der Waals surface area contributed by atoms with Crippen molar-refractivity contribution in [3.63, 3.8) is 0 Å². The molecule has 21 heavy (non-hydrogen) atoms. The van der Waals surface area contributed by atoms with Gasteiger partial charge in [-0.2, -0.15) is 13.2 Å². The van der Waals surface area contributed by atoms with Gasteiger partial charge in [0.15, 0.2) is 17.4 Å². The zero-order valence-electron chi connectivity index (χ0n) is 10.5. The highest BCUT2D eigenvalue weighted by Gasteiger charge is 2.30. The lowest BCUT2D eigenvalue weighted by atomic mass is 10.0. The molecule has 0 aliphatic rings. The third-order valence-electron chi connectivity index (χ3n) is 2.90. The molecule has 0 aliphatic carbocycles. The van der Waals surface area contributed by atoms with Gasteiger partial charge in [-0.05, 0) is 29.8 Å². The molecule has 1 nitrogen and oxygen atoms in total. The van der Waals surface area contributed by atoms with Gasteiger partial charge in [0.05, 0.1) is 11.1 Å². The highest BCUT2D eigenvalue weighted by molar-refractivity contribution is 5.97. The molecule has 0 fully saturated rings. The number of carbonyl (C=O) groups excluding carboxylic acids is 1. The number of halogens is 5. The Hall–Kier alpha value is -2.24. The van der Waals surface area contributed by atoms with Crippen molar-refractivity contribution < 1.29 is 26.7 Å². The van der Waals surface area contributed by atoms with E-state index in [2.05, 4.69) is 0 Å². The summed E-state index contributed by atoms with van der Waals surface area (Å²) < 4.78 is 63.6. The number of hydrogen-bond acceptors (Lipinski definition) is 1. The van der Waals surface area contributed by atoms with Gasteiger partial charge in [-0.15, -0.1) is 0 Å². The Morgan fingerprint density at radius 3 is 2.14 bits per heavy atom. The van der Waals surface area contributed by atoms with Crippen molar-refractivity contribution in [1.29, 1.82) is 0 Å². The van der Waals surface area contributed by atoms with E-state index in [0.717, 1.165) is 36.4 Å². The van der Waals surface area contributed by atoms with Gasteiger partial charge in [0.1, 0.15) is 0 Å². The number of alkyl halides is 3. The molecule has 0 aliphatic heterocycles. The molecule has 0 unspecified atom stereocenters. The van der Waals surface area contributed by atoms with Crippen LogP contribution < -0.4 is 0 Å². The molecule has 2 rings (SSSR count). The summed E-state index contributed by atoms with van der Waals surface area (Å²) in [5.74, 6) is -3.10. The first-order chi connectivity index (χ1) is 9.79. The normalized spacial score (nSPS) is 11.5. The summed E-state index contributed by atoms with van der Waals surface area (Å²) >= 11 is 0. The van der Waals surface area contributed by atoms with Crippen molar-refractivity contribution >= 4 is 5.78 Å². The quantitative estimate of drug-likeness (QED) is 0.606. The van der Waals surface area contributed by atoms with Crippen LogP contribution in [0.25, 0.3) is 0 Å². The topological polar surface area (TPSA) is 17.1 Å². The molecular formula is C15H9F5O. The largest absolute Gasteiger partial charge is 0.416 e. The van der Waals surface area contributed by atoms with Crippen molar-refractivity contribution in [3.8, 4) is 0 Å². The summed E-state index contributed by atoms with van der Waals surface area (Å²) in [6, 6.07) is 7.15. The number of Topliss-reactive ketones (excluding diaryl/α,β-unsaturated/α-hetero) is 1. The number of hydrogen-bond donors (Lipinski definition) is 0. The third-order valence-corrected chi connectivity index (χ3v) is 2.90. The van der Waals surface area contributed by atoms with Crippen LogP contribution in [0.5, 0.6) is 0 Å². The maximum Gasteiger partial charge on any atom is 0.416 e. The van der Waals surface area contributed by atoms with E-state index in [1.165, 1.54) is 6.07 Å². The Balaban J connectivity index is 2.18. The molecule has 0 heterocycles. The van der Waals surface area contributed by atoms with Crippen LogP contribution in [0.2, 0.25) is 0 Å². The van der Waals surface area contributed by atoms with Crippen molar-refractivity contribution in [3.05, 3.63) is 70.8 Å². The summed E-state index contributed by atoms with van der Waals surface area (Å²) in [6.07, 6.45) is -4.77. The molecule has 2 aromatic carbocycles. The number of rotatable bonds is 3. The lowest BCUT2D eigenvalue weighted by Gasteiger charge is -2.07. The number of ketones is 1. The molecule has 2 aromatic rings. The van der Waals surface area contributed by atoms with E-state index in [0.29, 0.717) is 0 Å². The smallest absolute Gasteiger partial charge is 0.294 e. The summed E-state index contributed by atoms with van der Waals surface area (Å²) in [5, 5.41) is 0. The monoisotopic (exact) mass is 300 g/mol. The van der Waals surface area contributed by atoms with Crippen LogP contribution in [0.4, 0.5) is 22.0 Å². The minimum atomic E-state index is -4.46. The lowest BCUT2D eigenvalue weighted by molar-refractivity contribution is -0.137. The maximum absolute atomic E-state index is 13.4. The first-order valence-corrected chi connectivity index (χ1v) is 5.92. The van der Waals surface area contributed by atoms with Crippen molar-refractivity contribution in [2.24, 2.45) is 0 Å². The molecular weight excluding hydrogens is 291 g/mol. The van der Waals surface area contributed by atoms with Crippen molar-refractivity contribution in [2.75, 3.05) is 0 Å². The second-order valence-electron chi connectivity index (χ2n) is 4.40. The second-order valence-corrected chi connectivity index (χ2v) is 4.40. The molecule has 0 saturated heterocycles. The molecule has 0 aromatic heterocycles. The van der Waals surface area contributed by atoms with Crippen LogP contribution >= 0.6 is 0 Å². The first kappa shape index (κ1) is 15.2. The fourth-order valence-corrected chi connectivity index (χ4v) is 1.81. The van der Waals surface area contributed by atoms with E-state index in [1.807, 2.05) is 0 Å². The summed E-state index contributed by atoms with van der Waals surface area (Å²) in [5.41, 5.74) is -0.970. The van der Waals surface area contributed by atoms with Gasteiger partial charge in [-0.25, -0.2) is 8.78 Å². The van der Waals surface area contributed by atoms with E-state index in [1.54, 1.807) is 0 Å². The van der Waals surface area contributed by atoms with Crippen molar-refractivity contribution in [1.82, 2.24) is 0 Å². The van der Waals surface area contributed by atoms with Gasteiger partial charge >= 0.3 is 6.18 Å². The van der Waals surface area contributed by atoms with E-state index in [-0.39, 0.29) is 12.0 Å². The minimum absolute atomic E-state index is 0.289. The van der Waals surface area contributed by atoms with Crippen LogP contribution in [0.3, 0.4) is 0 Å². The van der Waals surface area contributed by atoms with E-state index in [9.17, 15) is 26.7 Å². The molecule has 0 saturated carbocycles. The fraction of sp³-hybridized carbons (Fsp3) is 0.133. The molecule has 6 heteroatoms. The van der Waals surface area contributed by atoms with Crippen LogP contribution in [-0.4, -0.2) is 5.78 Å². The summed E-state index contributed by atoms with van der Waals surface area (Å²) in [6.45, 7) is 0. The Morgan fingerprint density at radius 2 is 1.57 bits per heavy atom. The molecule has 0 bridgehead atoms. The van der Waals surface area contributed by atoms with Crippen LogP contribution in [-0.2, 0) is 12.6 Å². The fourth-order valence-electron chi connectivity index (χ4n) is 1.81. The molecule has 0 spiro atoms. The molecule has 0 atom stereocenters. The van der Waals surface area contributed by atoms with Gasteiger partial charge in [0, 0.05) is 6.42 Å². The van der Waals surface area contributed by atoms with Crippen LogP contribution in [0.15, 0.2) is 42.5 Å². The standard InChI is InChI=1S/C15H9F5O/c16-12-3-1-2-11(14(12)17)13(21)8-9-4-6-10(7-5-9)15(18,19)20/h1-7H,8H2. The highest BCUT2D eigenvalue weighted by atomic mass is 19.4. The molecule has 0 amide bonds. The Bertz CT molecular complexity index is 659. The maximum atomic E-state index is 13.4. The van der Waals surface area contributed by atoms with Gasteiger partial charge < -0.3 is 0 Å². The minimum Gasteiger partial charge on any atom is -0.294 e. The number of benzene rings is 2. The third kappa shape index (κ3) is 3.45. The zero-order chi connectivity index (χ0) is 15.6. The zero-order valence-corrected chi connectivity index (χ0v) is 10.5. The predicted molar refractivity (Wildman–Crippen MR) is 65.8 cm³/mol. The van der Waals surface area contributed by atoms with E-state index < -0.39 is 34.7 Å². The summed E-state index contributed by atoms with van der Waals surface area (Å²) in [7, 11) is 0. The van der Waals surface area contributed by atoms with Gasteiger partial charge in [0.25, 0.3) is 0 Å². The Morgan fingerprint density at radius 1 is 0.952 bits per heavy atom. The van der Waals surface area contributed by atoms with Gasteiger partial charge in [0.2, 0.25) is 0 Å². The van der Waals surface area contributed by atoms with Crippen molar-refractivity contribution in [2.45, 2.75) is 12.6 Å². The first-order valence-electron chi connectivity index (χ1n) is 5.92. The van der Waals surface area contributed by atoms with E-state index in [4.69, 9.17) is 0 Å².